The molecule has 1 rings (SSSR count). The van der Waals surface area contributed by atoms with Gasteiger partial charge in [0.05, 0.1) is 0 Å². The third kappa shape index (κ3) is 2.09. The summed E-state index contributed by atoms with van der Waals surface area (Å²) in [6.45, 7) is 3.46. The standard InChI is InChI=1S/C6H7ClN4/c1-2-9-5-3-4(7)10-6(8)11-5/h2-3H,1H2,(H3,8,9,10,11). The second-order valence-corrected chi connectivity index (χ2v) is 2.17. The largest absolute Gasteiger partial charge is 0.368 e. The lowest BCUT2D eigenvalue weighted by Crippen LogP contribution is -1.98. The molecular weight excluding hydrogens is 164 g/mol. The molecule has 58 valence electrons. The SMILES string of the molecule is C=CNc1cc(Cl)nc(N)n1. The molecule has 0 saturated heterocycles. The summed E-state index contributed by atoms with van der Waals surface area (Å²) in [6, 6.07) is 1.56. The second-order valence-electron chi connectivity index (χ2n) is 1.78. The van der Waals surface area contributed by atoms with Crippen molar-refractivity contribution in [2.75, 3.05) is 11.1 Å². The van der Waals surface area contributed by atoms with Crippen molar-refractivity contribution in [3.05, 3.63) is 24.0 Å². The van der Waals surface area contributed by atoms with Crippen molar-refractivity contribution >= 4 is 23.4 Å². The summed E-state index contributed by atoms with van der Waals surface area (Å²) in [7, 11) is 0. The lowest BCUT2D eigenvalue weighted by Gasteiger charge is -1.99. The highest BCUT2D eigenvalue weighted by atomic mass is 35.5. The van der Waals surface area contributed by atoms with Crippen molar-refractivity contribution in [2.24, 2.45) is 0 Å². The van der Waals surface area contributed by atoms with Crippen molar-refractivity contribution < 1.29 is 0 Å². The summed E-state index contributed by atoms with van der Waals surface area (Å²) >= 11 is 5.58. The molecule has 0 aliphatic rings. The maximum Gasteiger partial charge on any atom is 0.223 e. The smallest absolute Gasteiger partial charge is 0.223 e. The van der Waals surface area contributed by atoms with Crippen molar-refractivity contribution in [3.8, 4) is 0 Å². The minimum atomic E-state index is 0.141. The van der Waals surface area contributed by atoms with E-state index in [2.05, 4.69) is 21.9 Å². The summed E-state index contributed by atoms with van der Waals surface area (Å²) in [4.78, 5) is 7.50. The van der Waals surface area contributed by atoms with E-state index in [-0.39, 0.29) is 5.95 Å². The van der Waals surface area contributed by atoms with Gasteiger partial charge in [-0.05, 0) is 6.20 Å². The molecule has 0 bridgehead atoms. The van der Waals surface area contributed by atoms with E-state index < -0.39 is 0 Å². The molecule has 3 N–H and O–H groups in total. The van der Waals surface area contributed by atoms with E-state index in [1.54, 1.807) is 6.07 Å². The zero-order valence-corrected chi connectivity index (χ0v) is 6.47. The molecule has 1 heterocycles. The van der Waals surface area contributed by atoms with Crippen molar-refractivity contribution in [3.63, 3.8) is 0 Å². The van der Waals surface area contributed by atoms with Gasteiger partial charge in [0, 0.05) is 6.07 Å². The first-order chi connectivity index (χ1) is 5.22. The second kappa shape index (κ2) is 3.21. The Morgan fingerprint density at radius 1 is 1.64 bits per heavy atom. The van der Waals surface area contributed by atoms with Gasteiger partial charge in [-0.25, -0.2) is 4.98 Å². The van der Waals surface area contributed by atoms with Gasteiger partial charge in [-0.1, -0.05) is 18.2 Å². The summed E-state index contributed by atoms with van der Waals surface area (Å²) in [6.07, 6.45) is 1.48. The van der Waals surface area contributed by atoms with Crippen LogP contribution in [0.25, 0.3) is 0 Å². The predicted molar refractivity (Wildman–Crippen MR) is 45.3 cm³/mol. The first-order valence-corrected chi connectivity index (χ1v) is 3.27. The van der Waals surface area contributed by atoms with Crippen LogP contribution in [0.5, 0.6) is 0 Å². The summed E-state index contributed by atoms with van der Waals surface area (Å²) in [5.74, 6) is 0.680. The van der Waals surface area contributed by atoms with E-state index in [4.69, 9.17) is 17.3 Å². The van der Waals surface area contributed by atoms with Crippen LogP contribution in [0.2, 0.25) is 5.15 Å². The summed E-state index contributed by atoms with van der Waals surface area (Å²) in [5, 5.41) is 3.04. The Bertz CT molecular complexity index is 253. The highest BCUT2D eigenvalue weighted by molar-refractivity contribution is 6.29. The molecule has 1 aromatic heterocycles. The Morgan fingerprint density at radius 3 is 2.91 bits per heavy atom. The van der Waals surface area contributed by atoms with Crippen LogP contribution in [-0.2, 0) is 0 Å². The van der Waals surface area contributed by atoms with Crippen molar-refractivity contribution in [1.29, 1.82) is 0 Å². The van der Waals surface area contributed by atoms with Crippen LogP contribution in [0, 0.1) is 0 Å². The average Bonchev–Trinajstić information content (AvgIpc) is 1.85. The number of hydrogen-bond acceptors (Lipinski definition) is 4. The lowest BCUT2D eigenvalue weighted by molar-refractivity contribution is 1.18. The fraction of sp³-hybridized carbons (Fsp3) is 0. The van der Waals surface area contributed by atoms with E-state index in [0.717, 1.165) is 0 Å². The van der Waals surface area contributed by atoms with Gasteiger partial charge < -0.3 is 11.1 Å². The molecule has 0 spiro atoms. The molecule has 11 heavy (non-hydrogen) atoms. The van der Waals surface area contributed by atoms with Gasteiger partial charge in [-0.15, -0.1) is 0 Å². The molecule has 0 aliphatic carbocycles. The number of anilines is 2. The van der Waals surface area contributed by atoms with Gasteiger partial charge >= 0.3 is 0 Å². The third-order valence-corrected chi connectivity index (χ3v) is 1.16. The molecule has 4 nitrogen and oxygen atoms in total. The Morgan fingerprint density at radius 2 is 2.36 bits per heavy atom. The Hall–Kier alpha value is -1.29. The van der Waals surface area contributed by atoms with E-state index in [9.17, 15) is 0 Å². The fourth-order valence-corrected chi connectivity index (χ4v) is 0.804. The molecule has 5 heteroatoms. The zero-order chi connectivity index (χ0) is 8.27. The molecule has 0 fully saturated rings. The van der Waals surface area contributed by atoms with Gasteiger partial charge in [0.25, 0.3) is 0 Å². The van der Waals surface area contributed by atoms with Crippen LogP contribution < -0.4 is 11.1 Å². The van der Waals surface area contributed by atoms with E-state index in [1.807, 2.05) is 0 Å². The Balaban J connectivity index is 2.98. The van der Waals surface area contributed by atoms with Crippen LogP contribution in [0.4, 0.5) is 11.8 Å². The van der Waals surface area contributed by atoms with Gasteiger partial charge in [0.1, 0.15) is 11.0 Å². The number of nitrogen functional groups attached to an aromatic ring is 1. The normalized spacial score (nSPS) is 9.18. The van der Waals surface area contributed by atoms with E-state index in [1.165, 1.54) is 6.20 Å². The van der Waals surface area contributed by atoms with Crippen LogP contribution in [0.3, 0.4) is 0 Å². The number of halogens is 1. The number of aromatic nitrogens is 2. The molecule has 0 aliphatic heterocycles. The zero-order valence-electron chi connectivity index (χ0n) is 5.71. The van der Waals surface area contributed by atoms with Gasteiger partial charge in [0.15, 0.2) is 0 Å². The fourth-order valence-electron chi connectivity index (χ4n) is 0.614. The number of nitrogens with zero attached hydrogens (tertiary/aromatic N) is 2. The third-order valence-electron chi connectivity index (χ3n) is 0.962. The summed E-state index contributed by atoms with van der Waals surface area (Å²) < 4.78 is 0. The first kappa shape index (κ1) is 7.81. The molecule has 0 radical (unpaired) electrons. The van der Waals surface area contributed by atoms with E-state index >= 15 is 0 Å². The minimum Gasteiger partial charge on any atom is -0.368 e. The maximum atomic E-state index is 5.58. The van der Waals surface area contributed by atoms with Gasteiger partial charge in [0.2, 0.25) is 5.95 Å². The molecule has 0 saturated carbocycles. The van der Waals surface area contributed by atoms with Crippen molar-refractivity contribution in [1.82, 2.24) is 9.97 Å². The molecule has 0 aromatic carbocycles. The van der Waals surface area contributed by atoms with Crippen molar-refractivity contribution in [2.45, 2.75) is 0 Å². The highest BCUT2D eigenvalue weighted by Gasteiger charge is 1.96. The summed E-state index contributed by atoms with van der Waals surface area (Å²) in [5.41, 5.74) is 5.31. The monoisotopic (exact) mass is 170 g/mol. The molecule has 1 aromatic rings. The quantitative estimate of drug-likeness (QED) is 0.657. The van der Waals surface area contributed by atoms with Crippen LogP contribution in [0.15, 0.2) is 18.8 Å². The number of nitrogens with two attached hydrogens (primary N) is 1. The number of nitrogens with one attached hydrogen (secondary N) is 1. The van der Waals surface area contributed by atoms with E-state index in [0.29, 0.717) is 11.0 Å². The first-order valence-electron chi connectivity index (χ1n) is 2.90. The molecule has 0 atom stereocenters. The predicted octanol–water partition coefficient (Wildman–Crippen LogP) is 1.27. The highest BCUT2D eigenvalue weighted by Crippen LogP contribution is 2.11. The topological polar surface area (TPSA) is 63.8 Å². The molecule has 0 amide bonds. The van der Waals surface area contributed by atoms with Gasteiger partial charge in [-0.3, -0.25) is 0 Å². The van der Waals surface area contributed by atoms with Crippen LogP contribution in [-0.4, -0.2) is 9.97 Å². The van der Waals surface area contributed by atoms with Gasteiger partial charge in [-0.2, -0.15) is 4.98 Å². The molecule has 0 unspecified atom stereocenters. The Labute approximate surface area is 69.1 Å². The molecular formula is C6H7ClN4. The lowest BCUT2D eigenvalue weighted by atomic mass is 10.6. The number of rotatable bonds is 2. The van der Waals surface area contributed by atoms with Crippen LogP contribution >= 0.6 is 11.6 Å². The van der Waals surface area contributed by atoms with Crippen LogP contribution in [0.1, 0.15) is 0 Å². The maximum absolute atomic E-state index is 5.58. The Kier molecular flexibility index (Phi) is 2.28. The minimum absolute atomic E-state index is 0.141. The average molecular weight is 171 g/mol. The number of hydrogen-bond donors (Lipinski definition) is 2.